The van der Waals surface area contributed by atoms with E-state index in [2.05, 4.69) is 38.8 Å². The number of aliphatic hydroxyl groups is 2. The fraction of sp³-hybridized carbons (Fsp3) is 0.535. The third-order valence-electron chi connectivity index (χ3n) is 13.6. The molecule has 3 saturated carbocycles. The Labute approximate surface area is 354 Å². The molecule has 4 aliphatic carbocycles. The minimum Gasteiger partial charge on any atom is -0.481 e. The molecule has 11 atom stereocenters. The summed E-state index contributed by atoms with van der Waals surface area (Å²) in [6.07, 6.45) is 4.74. The number of aliphatic carboxylic acids is 1. The van der Waals surface area contributed by atoms with Crippen LogP contribution in [0.1, 0.15) is 86.8 Å². The predicted octanol–water partition coefficient (Wildman–Crippen LogP) is 4.30. The number of nitrogens with one attached hydrogen (secondary N) is 3. The van der Waals surface area contributed by atoms with Crippen molar-refractivity contribution in [1.29, 1.82) is 0 Å². The second-order valence-corrected chi connectivity index (χ2v) is 18.6. The number of benzene rings is 1. The lowest BCUT2D eigenvalue weighted by atomic mass is 9.46. The Kier molecular flexibility index (Phi) is 12.2. The number of hydrogen-bond acceptors (Lipinski definition) is 11. The molecular formula is C43H50BrN3O11S. The molecule has 1 saturated heterocycles. The van der Waals surface area contributed by atoms with Gasteiger partial charge in [-0.05, 0) is 85.9 Å². The van der Waals surface area contributed by atoms with Crippen molar-refractivity contribution in [3.63, 3.8) is 0 Å². The number of alkyl halides is 1. The number of carbonyl (C=O) groups excluding carboxylic acids is 5. The van der Waals surface area contributed by atoms with Crippen LogP contribution >= 0.6 is 27.3 Å². The van der Waals surface area contributed by atoms with Crippen molar-refractivity contribution in [3.8, 4) is 0 Å². The second-order valence-electron chi connectivity index (χ2n) is 16.9. The van der Waals surface area contributed by atoms with E-state index in [-0.39, 0.29) is 60.6 Å². The monoisotopic (exact) mass is 895 g/mol. The highest BCUT2D eigenvalue weighted by Crippen LogP contribution is 2.70. The van der Waals surface area contributed by atoms with Crippen LogP contribution < -0.4 is 16.0 Å². The summed E-state index contributed by atoms with van der Waals surface area (Å²) in [7, 11) is 0. The number of thiophene rings is 1. The van der Waals surface area contributed by atoms with Gasteiger partial charge < -0.3 is 40.7 Å². The molecule has 5 aliphatic rings. The zero-order chi connectivity index (χ0) is 42.4. The third kappa shape index (κ3) is 7.76. The first kappa shape index (κ1) is 43.0. The van der Waals surface area contributed by atoms with Crippen molar-refractivity contribution in [1.82, 2.24) is 10.6 Å². The van der Waals surface area contributed by atoms with E-state index in [1.54, 1.807) is 30.4 Å². The summed E-state index contributed by atoms with van der Waals surface area (Å²) in [4.78, 5) is 76.6. The number of carboxylic acid groups (broad SMARTS) is 1. The van der Waals surface area contributed by atoms with Crippen LogP contribution in [-0.2, 0) is 38.2 Å². The van der Waals surface area contributed by atoms with Gasteiger partial charge in [-0.15, -0.1) is 11.3 Å². The minimum absolute atomic E-state index is 0.00420. The lowest BCUT2D eigenvalue weighted by Crippen LogP contribution is -2.63. The zero-order valence-corrected chi connectivity index (χ0v) is 35.5. The molecule has 6 N–H and O–H groups in total. The van der Waals surface area contributed by atoms with Gasteiger partial charge in [0.1, 0.15) is 12.6 Å². The first-order valence-electron chi connectivity index (χ1n) is 20.0. The second kappa shape index (κ2) is 16.8. The van der Waals surface area contributed by atoms with E-state index >= 15 is 0 Å². The van der Waals surface area contributed by atoms with Gasteiger partial charge in [-0.3, -0.25) is 28.8 Å². The quantitative estimate of drug-likeness (QED) is 0.147. The maximum atomic E-state index is 14.0. The Morgan fingerprint density at radius 2 is 1.88 bits per heavy atom. The number of aliphatic hydroxyl groups excluding tert-OH is 2. The predicted molar refractivity (Wildman–Crippen MR) is 219 cm³/mol. The van der Waals surface area contributed by atoms with Crippen LogP contribution in [-0.4, -0.2) is 92.9 Å². The van der Waals surface area contributed by atoms with E-state index in [9.17, 15) is 44.1 Å². The molecule has 2 aromatic rings. The average Bonchev–Trinajstić information content (AvgIpc) is 3.91. The number of ether oxygens (including phenoxy) is 2. The molecule has 0 radical (unpaired) electrons. The molecule has 1 aromatic carbocycles. The lowest BCUT2D eigenvalue weighted by molar-refractivity contribution is -0.200. The van der Waals surface area contributed by atoms with Crippen LogP contribution in [0, 0.1) is 28.6 Å². The molecule has 16 heteroatoms. The zero-order valence-electron chi connectivity index (χ0n) is 33.1. The average molecular weight is 897 g/mol. The minimum atomic E-state index is -1.47. The first-order chi connectivity index (χ1) is 28.0. The summed E-state index contributed by atoms with van der Waals surface area (Å²) < 4.78 is 13.5. The molecule has 1 aliphatic heterocycles. The standard InChI is InChI=1S/C43H50BrN3O11S/c1-22(23-5-4-6-25(15-23)46-39(56)29(9-12-37(54)55)47-36(53)20-45-35(52)19-44)31-10-11-32(59-31)40-57-34-17-28-27-8-7-24-16-26(49)13-14-41(24,2)38(27)30(50)18-42(28,3)43(34,58-40)33(51)21-48/h4-6,10-11,13-16,22,27-30,34,38,40,48,50H,7-9,12,17-21H2,1-3H3,(H,45,52)(H,46,56)(H,47,53)(H,54,55)/t22-,27+,28+,29+,30+,34-,38-,40-,41+,42+,43-/m1/s1. The van der Waals surface area contributed by atoms with E-state index in [0.717, 1.165) is 33.7 Å². The number of halogens is 1. The fourth-order valence-electron chi connectivity index (χ4n) is 10.8. The van der Waals surface area contributed by atoms with Crippen molar-refractivity contribution >= 4 is 68.2 Å². The maximum absolute atomic E-state index is 14.0. The van der Waals surface area contributed by atoms with Gasteiger partial charge in [-0.2, -0.15) is 0 Å². The molecular weight excluding hydrogens is 846 g/mol. The fourth-order valence-corrected chi connectivity index (χ4v) is 12.1. The van der Waals surface area contributed by atoms with Gasteiger partial charge in [0, 0.05) is 39.7 Å². The van der Waals surface area contributed by atoms with Crippen molar-refractivity contribution in [2.24, 2.45) is 28.6 Å². The van der Waals surface area contributed by atoms with Crippen LogP contribution in [0.25, 0.3) is 0 Å². The van der Waals surface area contributed by atoms with Gasteiger partial charge in [-0.25, -0.2) is 0 Å². The SMILES string of the molecule is C[C@H](c1cccc(NC(=O)[C@H](CCC(=O)O)NC(=O)CNC(=O)CBr)c1)c1ccc([C@@H]2O[C@@H]3C[C@H]4[C@@H]5CCC6=CC(=O)C=C[C@]6(C)[C@H]5[C@@H](O)C[C@]4(C)[C@]3(C(=O)CO)O2)s1. The van der Waals surface area contributed by atoms with Crippen molar-refractivity contribution in [3.05, 3.63) is 75.5 Å². The molecule has 0 bridgehead atoms. The van der Waals surface area contributed by atoms with E-state index < -0.39 is 77.1 Å². The van der Waals surface area contributed by atoms with Gasteiger partial charge in [0.05, 0.1) is 29.0 Å². The topological polar surface area (TPSA) is 218 Å². The Morgan fingerprint density at radius 3 is 2.61 bits per heavy atom. The summed E-state index contributed by atoms with van der Waals surface area (Å²) >= 11 is 4.46. The Balaban J connectivity index is 1.06. The number of fused-ring (bicyclic) bond motifs is 7. The van der Waals surface area contributed by atoms with Gasteiger partial charge in [0.15, 0.2) is 23.5 Å². The highest BCUT2D eigenvalue weighted by Gasteiger charge is 2.76. The number of ketones is 2. The van der Waals surface area contributed by atoms with Crippen LogP contribution in [0.5, 0.6) is 0 Å². The molecule has 4 fully saturated rings. The number of rotatable bonds is 14. The van der Waals surface area contributed by atoms with Crippen molar-refractivity contribution in [2.75, 3.05) is 23.8 Å². The number of allylic oxidation sites excluding steroid dienone is 4. The molecule has 0 unspecified atom stereocenters. The van der Waals surface area contributed by atoms with Crippen molar-refractivity contribution < 1.29 is 53.6 Å². The third-order valence-corrected chi connectivity index (χ3v) is 15.4. The molecule has 316 valence electrons. The summed E-state index contributed by atoms with van der Waals surface area (Å²) in [5, 5.41) is 39.3. The lowest BCUT2D eigenvalue weighted by Gasteiger charge is -2.59. The molecule has 2 heterocycles. The highest BCUT2D eigenvalue weighted by molar-refractivity contribution is 9.09. The van der Waals surface area contributed by atoms with E-state index in [1.165, 1.54) is 11.3 Å². The summed E-state index contributed by atoms with van der Waals surface area (Å²) in [6.45, 7) is 5.00. The Morgan fingerprint density at radius 1 is 1.10 bits per heavy atom. The summed E-state index contributed by atoms with van der Waals surface area (Å²) in [5.74, 6) is -3.58. The molecule has 7 rings (SSSR count). The van der Waals surface area contributed by atoms with Crippen LogP contribution in [0.4, 0.5) is 5.69 Å². The highest BCUT2D eigenvalue weighted by atomic mass is 79.9. The first-order valence-corrected chi connectivity index (χ1v) is 21.9. The van der Waals surface area contributed by atoms with Gasteiger partial charge in [0.25, 0.3) is 0 Å². The number of carboxylic acids is 1. The van der Waals surface area contributed by atoms with Gasteiger partial charge in [-0.1, -0.05) is 60.5 Å². The maximum Gasteiger partial charge on any atom is 0.303 e. The number of anilines is 1. The molecule has 0 spiro atoms. The number of amides is 3. The van der Waals surface area contributed by atoms with Crippen LogP contribution in [0.15, 0.2) is 60.2 Å². The molecule has 14 nitrogen and oxygen atoms in total. The molecule has 59 heavy (non-hydrogen) atoms. The number of Topliss-reactive ketones (excluding diaryl/α,β-unsaturated/α-hetero) is 1. The smallest absolute Gasteiger partial charge is 0.303 e. The van der Waals surface area contributed by atoms with Gasteiger partial charge >= 0.3 is 5.97 Å². The summed E-state index contributed by atoms with van der Waals surface area (Å²) in [5.41, 5.74) is -0.435. The Hall–Kier alpha value is -4.06. The largest absolute Gasteiger partial charge is 0.481 e. The van der Waals surface area contributed by atoms with Crippen LogP contribution in [0.3, 0.4) is 0 Å². The Bertz CT molecular complexity index is 2100. The van der Waals surface area contributed by atoms with E-state index in [1.807, 2.05) is 38.1 Å². The normalized spacial score (nSPS) is 32.7. The number of hydrogen-bond donors (Lipinski definition) is 6. The molecule has 3 amide bonds. The van der Waals surface area contributed by atoms with E-state index in [4.69, 9.17) is 9.47 Å². The summed E-state index contributed by atoms with van der Waals surface area (Å²) in [6, 6.07) is 9.86. The van der Waals surface area contributed by atoms with Crippen LogP contribution in [0.2, 0.25) is 0 Å². The van der Waals surface area contributed by atoms with E-state index in [0.29, 0.717) is 12.1 Å². The number of carbonyl (C=O) groups is 6. The van der Waals surface area contributed by atoms with Crippen molar-refractivity contribution in [2.45, 2.75) is 95.4 Å². The molecule has 1 aromatic heterocycles. The van der Waals surface area contributed by atoms with Gasteiger partial charge in [0.2, 0.25) is 17.7 Å².